The Morgan fingerprint density at radius 3 is 2.40 bits per heavy atom. The number of amides is 2. The van der Waals surface area contributed by atoms with Gasteiger partial charge in [0, 0.05) is 18.3 Å². The second-order valence-corrected chi connectivity index (χ2v) is 5.48. The monoisotopic (exact) mass is 350 g/mol. The topological polar surface area (TPSA) is 58.2 Å². The second-order valence-electron chi connectivity index (χ2n) is 5.48. The minimum atomic E-state index is -4.45. The molecule has 7 heteroatoms. The predicted molar refractivity (Wildman–Crippen MR) is 88.3 cm³/mol. The van der Waals surface area contributed by atoms with E-state index in [1.807, 2.05) is 0 Å². The number of hydrogen-bond donors (Lipinski definition) is 2. The predicted octanol–water partition coefficient (Wildman–Crippen LogP) is 3.55. The van der Waals surface area contributed by atoms with Crippen molar-refractivity contribution in [1.29, 1.82) is 0 Å². The van der Waals surface area contributed by atoms with Crippen LogP contribution in [0.5, 0.6) is 0 Å². The first-order chi connectivity index (χ1) is 11.7. The van der Waals surface area contributed by atoms with Crippen LogP contribution in [0, 0.1) is 6.92 Å². The first-order valence-corrected chi connectivity index (χ1v) is 7.50. The molecule has 2 aromatic rings. The normalized spacial score (nSPS) is 11.1. The number of alkyl halides is 3. The van der Waals surface area contributed by atoms with Crippen LogP contribution in [0.2, 0.25) is 0 Å². The molecular weight excluding hydrogens is 333 g/mol. The fourth-order valence-electron chi connectivity index (χ4n) is 2.39. The third-order valence-electron chi connectivity index (χ3n) is 3.70. The molecule has 0 radical (unpaired) electrons. The third kappa shape index (κ3) is 4.59. The average molecular weight is 350 g/mol. The van der Waals surface area contributed by atoms with E-state index in [1.165, 1.54) is 19.2 Å². The molecule has 0 fully saturated rings. The zero-order chi connectivity index (χ0) is 18.6. The Morgan fingerprint density at radius 2 is 1.76 bits per heavy atom. The van der Waals surface area contributed by atoms with Gasteiger partial charge in [-0.1, -0.05) is 24.3 Å². The quantitative estimate of drug-likeness (QED) is 0.886. The molecule has 0 bridgehead atoms. The third-order valence-corrected chi connectivity index (χ3v) is 3.70. The number of nitrogens with one attached hydrogen (secondary N) is 2. The summed E-state index contributed by atoms with van der Waals surface area (Å²) in [7, 11) is 1.50. The summed E-state index contributed by atoms with van der Waals surface area (Å²) >= 11 is 0. The van der Waals surface area contributed by atoms with Crippen molar-refractivity contribution < 1.29 is 22.8 Å². The van der Waals surface area contributed by atoms with E-state index in [0.717, 1.165) is 12.1 Å². The van der Waals surface area contributed by atoms with E-state index < -0.39 is 17.6 Å². The van der Waals surface area contributed by atoms with Gasteiger partial charge in [-0.3, -0.25) is 9.59 Å². The van der Waals surface area contributed by atoms with Crippen LogP contribution < -0.4 is 10.6 Å². The SMILES string of the molecule is CNC(=O)c1cccc(NC(=O)Cc2cccc(C(F)(F)F)c2)c1C. The van der Waals surface area contributed by atoms with Crippen LogP contribution in [-0.2, 0) is 17.4 Å². The van der Waals surface area contributed by atoms with Gasteiger partial charge in [-0.05, 0) is 36.2 Å². The van der Waals surface area contributed by atoms with Gasteiger partial charge < -0.3 is 10.6 Å². The molecule has 2 amide bonds. The lowest BCUT2D eigenvalue weighted by Crippen LogP contribution is -2.21. The van der Waals surface area contributed by atoms with Gasteiger partial charge in [-0.15, -0.1) is 0 Å². The number of benzene rings is 2. The van der Waals surface area contributed by atoms with Crippen molar-refractivity contribution in [2.45, 2.75) is 19.5 Å². The zero-order valence-corrected chi connectivity index (χ0v) is 13.7. The molecule has 4 nitrogen and oxygen atoms in total. The van der Waals surface area contributed by atoms with E-state index in [0.29, 0.717) is 16.8 Å². The summed E-state index contributed by atoms with van der Waals surface area (Å²) in [4.78, 5) is 23.9. The summed E-state index contributed by atoms with van der Waals surface area (Å²) in [6.45, 7) is 1.68. The van der Waals surface area contributed by atoms with Crippen molar-refractivity contribution in [2.75, 3.05) is 12.4 Å². The van der Waals surface area contributed by atoms with Crippen molar-refractivity contribution in [2.24, 2.45) is 0 Å². The Kier molecular flexibility index (Phi) is 5.46. The number of rotatable bonds is 4. The van der Waals surface area contributed by atoms with Gasteiger partial charge in [0.15, 0.2) is 0 Å². The molecule has 0 spiro atoms. The summed E-state index contributed by atoms with van der Waals surface area (Å²) in [6.07, 6.45) is -4.65. The molecule has 0 unspecified atom stereocenters. The van der Waals surface area contributed by atoms with Gasteiger partial charge in [0.1, 0.15) is 0 Å². The Morgan fingerprint density at radius 1 is 1.08 bits per heavy atom. The first-order valence-electron chi connectivity index (χ1n) is 7.50. The highest BCUT2D eigenvalue weighted by Crippen LogP contribution is 2.29. The molecule has 0 aliphatic carbocycles. The number of anilines is 1. The fourth-order valence-corrected chi connectivity index (χ4v) is 2.39. The Hall–Kier alpha value is -2.83. The molecule has 0 saturated heterocycles. The molecule has 0 aliphatic rings. The molecule has 132 valence electrons. The van der Waals surface area contributed by atoms with Gasteiger partial charge in [-0.2, -0.15) is 13.2 Å². The zero-order valence-electron chi connectivity index (χ0n) is 13.7. The van der Waals surface area contributed by atoms with Gasteiger partial charge in [0.25, 0.3) is 5.91 Å². The van der Waals surface area contributed by atoms with E-state index in [4.69, 9.17) is 0 Å². The lowest BCUT2D eigenvalue weighted by atomic mass is 10.0. The van der Waals surface area contributed by atoms with Crippen LogP contribution in [0.1, 0.15) is 27.0 Å². The number of carbonyl (C=O) groups is 2. The van der Waals surface area contributed by atoms with Crippen LogP contribution in [0.3, 0.4) is 0 Å². The lowest BCUT2D eigenvalue weighted by Gasteiger charge is -2.12. The maximum atomic E-state index is 12.7. The van der Waals surface area contributed by atoms with Crippen molar-refractivity contribution in [3.05, 3.63) is 64.7 Å². The second kappa shape index (κ2) is 7.38. The van der Waals surface area contributed by atoms with Crippen molar-refractivity contribution in [3.63, 3.8) is 0 Å². The minimum Gasteiger partial charge on any atom is -0.355 e. The Balaban J connectivity index is 2.15. The Labute approximate surface area is 143 Å². The molecule has 0 heterocycles. The van der Waals surface area contributed by atoms with Crippen LogP contribution in [0.4, 0.5) is 18.9 Å². The molecule has 2 N–H and O–H groups in total. The van der Waals surface area contributed by atoms with Crippen molar-refractivity contribution in [1.82, 2.24) is 5.32 Å². The highest BCUT2D eigenvalue weighted by atomic mass is 19.4. The Bertz CT molecular complexity index is 801. The molecule has 0 aliphatic heterocycles. The fraction of sp³-hybridized carbons (Fsp3) is 0.222. The molecule has 25 heavy (non-hydrogen) atoms. The van der Waals surface area contributed by atoms with Gasteiger partial charge in [0.2, 0.25) is 5.91 Å². The molecule has 2 aromatic carbocycles. The molecule has 0 aromatic heterocycles. The number of carbonyl (C=O) groups excluding carboxylic acids is 2. The van der Waals surface area contributed by atoms with Crippen molar-refractivity contribution >= 4 is 17.5 Å². The summed E-state index contributed by atoms with van der Waals surface area (Å²) in [5, 5.41) is 5.14. The number of halogens is 3. The molecule has 2 rings (SSSR count). The first kappa shape index (κ1) is 18.5. The summed E-state index contributed by atoms with van der Waals surface area (Å²) < 4.78 is 38.2. The summed E-state index contributed by atoms with van der Waals surface area (Å²) in [5.41, 5.74) is 0.903. The van der Waals surface area contributed by atoms with E-state index in [2.05, 4.69) is 10.6 Å². The summed E-state index contributed by atoms with van der Waals surface area (Å²) in [6, 6.07) is 9.51. The smallest absolute Gasteiger partial charge is 0.355 e. The molecule has 0 saturated carbocycles. The standard InChI is InChI=1S/C18H17F3N2O2/c1-11-14(17(25)22-2)7-4-8-15(11)23-16(24)10-12-5-3-6-13(9-12)18(19,20)21/h3-9H,10H2,1-2H3,(H,22,25)(H,23,24). The maximum Gasteiger partial charge on any atom is 0.416 e. The number of hydrogen-bond acceptors (Lipinski definition) is 2. The van der Waals surface area contributed by atoms with Gasteiger partial charge in [-0.25, -0.2) is 0 Å². The molecular formula is C18H17F3N2O2. The van der Waals surface area contributed by atoms with Gasteiger partial charge in [0.05, 0.1) is 12.0 Å². The van der Waals surface area contributed by atoms with E-state index >= 15 is 0 Å². The lowest BCUT2D eigenvalue weighted by molar-refractivity contribution is -0.137. The summed E-state index contributed by atoms with van der Waals surface area (Å²) in [5.74, 6) is -0.747. The van der Waals surface area contributed by atoms with E-state index in [-0.39, 0.29) is 17.9 Å². The van der Waals surface area contributed by atoms with Crippen LogP contribution in [0.15, 0.2) is 42.5 Å². The minimum absolute atomic E-state index is 0.201. The van der Waals surface area contributed by atoms with E-state index in [1.54, 1.807) is 25.1 Å². The van der Waals surface area contributed by atoms with Crippen molar-refractivity contribution in [3.8, 4) is 0 Å². The average Bonchev–Trinajstić information content (AvgIpc) is 2.55. The highest BCUT2D eigenvalue weighted by molar-refractivity contribution is 5.99. The molecule has 0 atom stereocenters. The maximum absolute atomic E-state index is 12.7. The largest absolute Gasteiger partial charge is 0.416 e. The highest BCUT2D eigenvalue weighted by Gasteiger charge is 2.30. The van der Waals surface area contributed by atoms with Gasteiger partial charge >= 0.3 is 6.18 Å². The van der Waals surface area contributed by atoms with Crippen LogP contribution in [-0.4, -0.2) is 18.9 Å². The van der Waals surface area contributed by atoms with E-state index in [9.17, 15) is 22.8 Å². The van der Waals surface area contributed by atoms with Crippen LogP contribution in [0.25, 0.3) is 0 Å². The van der Waals surface area contributed by atoms with Crippen LogP contribution >= 0.6 is 0 Å².